The molecule has 4 rings (SSSR count). The maximum Gasteiger partial charge on any atom is 0.159 e. The maximum absolute atomic E-state index is 15.1. The van der Waals surface area contributed by atoms with Gasteiger partial charge >= 0.3 is 0 Å². The largest absolute Gasteiger partial charge is 0.206 e. The van der Waals surface area contributed by atoms with E-state index in [9.17, 15) is 13.2 Å². The molecule has 0 unspecified atom stereocenters. The van der Waals surface area contributed by atoms with Gasteiger partial charge in [0.05, 0.1) is 5.56 Å². The Hall–Kier alpha value is -2.10. The molecule has 2 aromatic carbocycles. The molecule has 2 aliphatic rings. The molecule has 0 bridgehead atoms. The molecule has 0 spiro atoms. The molecule has 4 heteroatoms. The smallest absolute Gasteiger partial charge is 0.159 e. The first-order valence-corrected chi connectivity index (χ1v) is 10.1. The third-order valence-electron chi connectivity index (χ3n) is 6.52. The van der Waals surface area contributed by atoms with Crippen molar-refractivity contribution in [1.82, 2.24) is 0 Å². The van der Waals surface area contributed by atoms with Gasteiger partial charge in [0.15, 0.2) is 11.6 Å². The fourth-order valence-corrected chi connectivity index (χ4v) is 4.78. The standard InChI is InChI=1S/C24H24F4/c1-2-14-3-5-15(6-4-14)16-7-9-19-18(11-16)13-22(27)23(24(19)28)17-8-10-20(25)21(26)12-17/h8,10-15H,2-7,9H2,1H3. The van der Waals surface area contributed by atoms with E-state index in [1.165, 1.54) is 37.0 Å². The molecule has 1 fully saturated rings. The number of fused-ring (bicyclic) bond motifs is 1. The Labute approximate surface area is 163 Å². The van der Waals surface area contributed by atoms with E-state index < -0.39 is 23.3 Å². The molecule has 0 aliphatic heterocycles. The van der Waals surface area contributed by atoms with Gasteiger partial charge in [-0.2, -0.15) is 0 Å². The number of halogens is 4. The molecule has 148 valence electrons. The third kappa shape index (κ3) is 3.49. The van der Waals surface area contributed by atoms with Crippen LogP contribution in [0.1, 0.15) is 56.6 Å². The van der Waals surface area contributed by atoms with Crippen LogP contribution in [0, 0.1) is 35.1 Å². The summed E-state index contributed by atoms with van der Waals surface area (Å²) in [6.45, 7) is 2.23. The summed E-state index contributed by atoms with van der Waals surface area (Å²) in [7, 11) is 0. The van der Waals surface area contributed by atoms with Gasteiger partial charge in [-0.3, -0.25) is 0 Å². The first-order chi connectivity index (χ1) is 13.5. The average molecular weight is 388 g/mol. The Balaban J connectivity index is 1.67. The van der Waals surface area contributed by atoms with Crippen LogP contribution in [0.2, 0.25) is 0 Å². The van der Waals surface area contributed by atoms with Crippen molar-refractivity contribution in [3.8, 4) is 11.1 Å². The van der Waals surface area contributed by atoms with E-state index in [4.69, 9.17) is 0 Å². The average Bonchev–Trinajstić information content (AvgIpc) is 2.70. The number of hydrogen-bond donors (Lipinski definition) is 0. The number of hydrogen-bond acceptors (Lipinski definition) is 0. The molecule has 0 heterocycles. The van der Waals surface area contributed by atoms with E-state index >= 15 is 4.39 Å². The van der Waals surface area contributed by atoms with Crippen molar-refractivity contribution in [1.29, 1.82) is 0 Å². The fourth-order valence-electron chi connectivity index (χ4n) is 4.78. The Morgan fingerprint density at radius 3 is 2.29 bits per heavy atom. The zero-order valence-electron chi connectivity index (χ0n) is 16.0. The molecule has 0 N–H and O–H groups in total. The maximum atomic E-state index is 15.1. The molecule has 1 saturated carbocycles. The molecule has 28 heavy (non-hydrogen) atoms. The van der Waals surface area contributed by atoms with Crippen LogP contribution in [0.15, 0.2) is 29.8 Å². The second-order valence-electron chi connectivity index (χ2n) is 8.09. The van der Waals surface area contributed by atoms with Crippen LogP contribution in [-0.4, -0.2) is 0 Å². The summed E-state index contributed by atoms with van der Waals surface area (Å²) in [5.41, 5.74) is 2.08. The Morgan fingerprint density at radius 2 is 1.61 bits per heavy atom. The van der Waals surface area contributed by atoms with Crippen LogP contribution >= 0.6 is 0 Å². The minimum absolute atomic E-state index is 0.0179. The molecular formula is C24H24F4. The highest BCUT2D eigenvalue weighted by molar-refractivity contribution is 5.71. The van der Waals surface area contributed by atoms with E-state index in [0.717, 1.165) is 37.3 Å². The molecule has 0 radical (unpaired) electrons. The molecule has 0 amide bonds. The van der Waals surface area contributed by atoms with Gasteiger partial charge in [0.25, 0.3) is 0 Å². The minimum Gasteiger partial charge on any atom is -0.206 e. The van der Waals surface area contributed by atoms with Gasteiger partial charge in [-0.1, -0.05) is 31.1 Å². The molecule has 0 aromatic heterocycles. The van der Waals surface area contributed by atoms with Crippen LogP contribution < -0.4 is 0 Å². The summed E-state index contributed by atoms with van der Waals surface area (Å²) in [5.74, 6) is -2.23. The van der Waals surface area contributed by atoms with E-state index in [1.54, 1.807) is 0 Å². The zero-order valence-corrected chi connectivity index (χ0v) is 16.0. The second-order valence-corrected chi connectivity index (χ2v) is 8.09. The lowest BCUT2D eigenvalue weighted by Crippen LogP contribution is -2.18. The van der Waals surface area contributed by atoms with E-state index in [2.05, 4.69) is 6.92 Å². The van der Waals surface area contributed by atoms with Crippen molar-refractivity contribution in [3.05, 3.63) is 64.2 Å². The van der Waals surface area contributed by atoms with E-state index in [0.29, 0.717) is 23.5 Å². The number of rotatable bonds is 3. The second kappa shape index (κ2) is 7.73. The summed E-state index contributed by atoms with van der Waals surface area (Å²) in [6.07, 6.45) is 9.21. The van der Waals surface area contributed by atoms with Gasteiger partial charge in [0, 0.05) is 0 Å². The number of benzene rings is 2. The monoisotopic (exact) mass is 388 g/mol. The number of allylic oxidation sites excluding steroid dienone is 1. The van der Waals surface area contributed by atoms with Gasteiger partial charge in [0.1, 0.15) is 11.6 Å². The SMILES string of the molecule is CCC1CCC(C2=Cc3cc(F)c(-c4ccc(F)c(F)c4)c(F)c3CC2)CC1. The Kier molecular flexibility index (Phi) is 5.31. The van der Waals surface area contributed by atoms with Crippen molar-refractivity contribution in [2.75, 3.05) is 0 Å². The highest BCUT2D eigenvalue weighted by Gasteiger charge is 2.27. The third-order valence-corrected chi connectivity index (χ3v) is 6.52. The predicted octanol–water partition coefficient (Wildman–Crippen LogP) is 7.46. The molecule has 0 atom stereocenters. The molecule has 2 aliphatic carbocycles. The summed E-state index contributed by atoms with van der Waals surface area (Å²) >= 11 is 0. The van der Waals surface area contributed by atoms with Crippen molar-refractivity contribution in [3.63, 3.8) is 0 Å². The van der Waals surface area contributed by atoms with Crippen LogP contribution in [0.25, 0.3) is 17.2 Å². The van der Waals surface area contributed by atoms with Crippen LogP contribution in [0.5, 0.6) is 0 Å². The van der Waals surface area contributed by atoms with Crippen molar-refractivity contribution >= 4 is 6.08 Å². The Bertz CT molecular complexity index is 921. The van der Waals surface area contributed by atoms with Gasteiger partial charge < -0.3 is 0 Å². The highest BCUT2D eigenvalue weighted by atomic mass is 19.2. The molecule has 0 saturated heterocycles. The first kappa shape index (κ1) is 19.2. The van der Waals surface area contributed by atoms with Crippen molar-refractivity contribution in [2.24, 2.45) is 11.8 Å². The normalized spacial score (nSPS) is 22.0. The first-order valence-electron chi connectivity index (χ1n) is 10.1. The quantitative estimate of drug-likeness (QED) is 0.479. The van der Waals surface area contributed by atoms with Crippen LogP contribution in [0.3, 0.4) is 0 Å². The van der Waals surface area contributed by atoms with E-state index in [-0.39, 0.29) is 11.1 Å². The lowest BCUT2D eigenvalue weighted by atomic mass is 9.74. The van der Waals surface area contributed by atoms with Crippen molar-refractivity contribution in [2.45, 2.75) is 51.9 Å². The molecule has 0 nitrogen and oxygen atoms in total. The Morgan fingerprint density at radius 1 is 0.857 bits per heavy atom. The van der Waals surface area contributed by atoms with Gasteiger partial charge in [-0.15, -0.1) is 0 Å². The lowest BCUT2D eigenvalue weighted by molar-refractivity contribution is 0.292. The summed E-state index contributed by atoms with van der Waals surface area (Å²) in [6, 6.07) is 4.29. The summed E-state index contributed by atoms with van der Waals surface area (Å²) < 4.78 is 56.6. The van der Waals surface area contributed by atoms with Gasteiger partial charge in [0.2, 0.25) is 0 Å². The zero-order chi connectivity index (χ0) is 19.8. The lowest BCUT2D eigenvalue weighted by Gasteiger charge is -2.31. The van der Waals surface area contributed by atoms with Crippen LogP contribution in [-0.2, 0) is 6.42 Å². The van der Waals surface area contributed by atoms with Gasteiger partial charge in [-0.05, 0) is 85.3 Å². The predicted molar refractivity (Wildman–Crippen MR) is 104 cm³/mol. The molecular weight excluding hydrogens is 364 g/mol. The summed E-state index contributed by atoms with van der Waals surface area (Å²) in [5, 5.41) is 0. The highest BCUT2D eigenvalue weighted by Crippen LogP contribution is 2.41. The fraction of sp³-hybridized carbons (Fsp3) is 0.417. The topological polar surface area (TPSA) is 0 Å². The van der Waals surface area contributed by atoms with Crippen molar-refractivity contribution < 1.29 is 17.6 Å². The minimum atomic E-state index is -1.11. The summed E-state index contributed by atoms with van der Waals surface area (Å²) in [4.78, 5) is 0. The van der Waals surface area contributed by atoms with E-state index in [1.807, 2.05) is 6.08 Å². The van der Waals surface area contributed by atoms with Gasteiger partial charge in [-0.25, -0.2) is 17.6 Å². The molecule has 2 aromatic rings. The van der Waals surface area contributed by atoms with Crippen LogP contribution in [0.4, 0.5) is 17.6 Å².